The average molecular weight is 212 g/mol. The Balaban J connectivity index is 2.21. The number of phenols is 1. The average Bonchev–Trinajstić information content (AvgIpc) is 2.77. The highest BCUT2D eigenvalue weighted by molar-refractivity contribution is 5.74. The molecule has 1 N–H and O–H groups in total. The predicted molar refractivity (Wildman–Crippen MR) is 62.0 cm³/mol. The second-order valence-electron chi connectivity index (χ2n) is 3.95. The molecular formula is C14H12O2. The monoisotopic (exact) mass is 212 g/mol. The molecular weight excluding hydrogens is 200 g/mol. The van der Waals surface area contributed by atoms with Crippen molar-refractivity contribution >= 4 is 0 Å². The summed E-state index contributed by atoms with van der Waals surface area (Å²) in [6.07, 6.45) is 0. The van der Waals surface area contributed by atoms with E-state index in [1.807, 2.05) is 30.3 Å². The van der Waals surface area contributed by atoms with E-state index in [2.05, 4.69) is 6.07 Å². The quantitative estimate of drug-likeness (QED) is 0.787. The zero-order valence-electron chi connectivity index (χ0n) is 8.81. The lowest BCUT2D eigenvalue weighted by Crippen LogP contribution is -1.88. The summed E-state index contributed by atoms with van der Waals surface area (Å²) >= 11 is 0. The molecule has 1 aliphatic rings. The van der Waals surface area contributed by atoms with Crippen molar-refractivity contribution < 1.29 is 9.84 Å². The Kier molecular flexibility index (Phi) is 2.15. The fourth-order valence-electron chi connectivity index (χ4n) is 2.16. The first-order chi connectivity index (χ1) is 7.86. The van der Waals surface area contributed by atoms with Crippen molar-refractivity contribution in [3.05, 3.63) is 53.6 Å². The van der Waals surface area contributed by atoms with Crippen LogP contribution in [0.2, 0.25) is 0 Å². The summed E-state index contributed by atoms with van der Waals surface area (Å²) in [5, 5.41) is 9.85. The van der Waals surface area contributed by atoms with Crippen LogP contribution in [0.15, 0.2) is 42.5 Å². The summed E-state index contributed by atoms with van der Waals surface area (Å²) in [6.45, 7) is 1.32. The normalized spacial score (nSPS) is 13.8. The van der Waals surface area contributed by atoms with Crippen molar-refractivity contribution in [1.29, 1.82) is 0 Å². The Labute approximate surface area is 94.1 Å². The van der Waals surface area contributed by atoms with Gasteiger partial charge in [-0.1, -0.05) is 36.4 Å². The van der Waals surface area contributed by atoms with E-state index in [9.17, 15) is 5.11 Å². The van der Waals surface area contributed by atoms with Crippen LogP contribution >= 0.6 is 0 Å². The van der Waals surface area contributed by atoms with Gasteiger partial charge in [0.05, 0.1) is 13.2 Å². The summed E-state index contributed by atoms with van der Waals surface area (Å²) in [5.41, 5.74) is 4.38. The van der Waals surface area contributed by atoms with Gasteiger partial charge in [0, 0.05) is 5.56 Å². The van der Waals surface area contributed by atoms with E-state index in [-0.39, 0.29) is 0 Å². The van der Waals surface area contributed by atoms with Gasteiger partial charge in [0.2, 0.25) is 0 Å². The van der Waals surface area contributed by atoms with Crippen molar-refractivity contribution in [2.24, 2.45) is 0 Å². The number of phenolic OH excluding ortho intramolecular Hbond substituents is 1. The van der Waals surface area contributed by atoms with Crippen molar-refractivity contribution in [3.63, 3.8) is 0 Å². The van der Waals surface area contributed by atoms with Crippen LogP contribution in [0.1, 0.15) is 11.1 Å². The molecule has 3 rings (SSSR count). The van der Waals surface area contributed by atoms with Gasteiger partial charge in [0.1, 0.15) is 5.75 Å². The third-order valence-electron chi connectivity index (χ3n) is 2.97. The fraction of sp³-hybridized carbons (Fsp3) is 0.143. The molecule has 0 aliphatic carbocycles. The molecule has 2 nitrogen and oxygen atoms in total. The van der Waals surface area contributed by atoms with Gasteiger partial charge in [-0.05, 0) is 22.8 Å². The molecule has 0 atom stereocenters. The number of rotatable bonds is 1. The Morgan fingerprint density at radius 2 is 1.69 bits per heavy atom. The maximum atomic E-state index is 9.85. The summed E-state index contributed by atoms with van der Waals surface area (Å²) in [5.74, 6) is 0.322. The number of benzene rings is 2. The molecule has 0 aromatic heterocycles. The molecule has 1 heterocycles. The standard InChI is InChI=1S/C14H12O2/c15-14-7-2-1-5-12(14)11-6-3-4-10-8-16-9-13(10)11/h1-7,15H,8-9H2. The van der Waals surface area contributed by atoms with E-state index in [1.54, 1.807) is 6.07 Å². The summed E-state index contributed by atoms with van der Waals surface area (Å²) in [4.78, 5) is 0. The van der Waals surface area contributed by atoms with E-state index in [0.717, 1.165) is 11.1 Å². The van der Waals surface area contributed by atoms with Gasteiger partial charge in [0.25, 0.3) is 0 Å². The van der Waals surface area contributed by atoms with Crippen LogP contribution in [-0.4, -0.2) is 5.11 Å². The minimum absolute atomic E-state index is 0.322. The number of hydrogen-bond donors (Lipinski definition) is 1. The smallest absolute Gasteiger partial charge is 0.123 e. The van der Waals surface area contributed by atoms with Gasteiger partial charge in [-0.15, -0.1) is 0 Å². The van der Waals surface area contributed by atoms with Gasteiger partial charge >= 0.3 is 0 Å². The van der Waals surface area contributed by atoms with Gasteiger partial charge in [0.15, 0.2) is 0 Å². The van der Waals surface area contributed by atoms with Crippen LogP contribution in [0.5, 0.6) is 5.75 Å². The maximum absolute atomic E-state index is 9.85. The van der Waals surface area contributed by atoms with Gasteiger partial charge < -0.3 is 9.84 Å². The molecule has 0 saturated heterocycles. The van der Waals surface area contributed by atoms with E-state index in [4.69, 9.17) is 4.74 Å². The maximum Gasteiger partial charge on any atom is 0.123 e. The number of fused-ring (bicyclic) bond motifs is 1. The molecule has 0 spiro atoms. The number of hydrogen-bond acceptors (Lipinski definition) is 2. The third-order valence-corrected chi connectivity index (χ3v) is 2.97. The number of ether oxygens (including phenoxy) is 1. The fourth-order valence-corrected chi connectivity index (χ4v) is 2.16. The zero-order chi connectivity index (χ0) is 11.0. The second-order valence-corrected chi connectivity index (χ2v) is 3.95. The van der Waals surface area contributed by atoms with Crippen LogP contribution in [0.3, 0.4) is 0 Å². The molecule has 0 amide bonds. The van der Waals surface area contributed by atoms with E-state index in [0.29, 0.717) is 19.0 Å². The molecule has 0 radical (unpaired) electrons. The summed E-state index contributed by atoms with van der Waals surface area (Å²) < 4.78 is 5.44. The SMILES string of the molecule is Oc1ccccc1-c1cccc2c1COC2. The largest absolute Gasteiger partial charge is 0.507 e. The highest BCUT2D eigenvalue weighted by Crippen LogP contribution is 2.35. The van der Waals surface area contributed by atoms with E-state index < -0.39 is 0 Å². The van der Waals surface area contributed by atoms with Crippen LogP contribution in [0.4, 0.5) is 0 Å². The van der Waals surface area contributed by atoms with Crippen molar-refractivity contribution in [1.82, 2.24) is 0 Å². The van der Waals surface area contributed by atoms with Gasteiger partial charge in [-0.2, -0.15) is 0 Å². The topological polar surface area (TPSA) is 29.5 Å². The lowest BCUT2D eigenvalue weighted by atomic mass is 9.96. The predicted octanol–water partition coefficient (Wildman–Crippen LogP) is 3.09. The number of para-hydroxylation sites is 1. The Morgan fingerprint density at radius 1 is 0.875 bits per heavy atom. The molecule has 0 bridgehead atoms. The van der Waals surface area contributed by atoms with E-state index in [1.165, 1.54) is 11.1 Å². The molecule has 80 valence electrons. The molecule has 16 heavy (non-hydrogen) atoms. The molecule has 2 aromatic rings. The molecule has 1 aliphatic heterocycles. The van der Waals surface area contributed by atoms with Crippen LogP contribution < -0.4 is 0 Å². The lowest BCUT2D eigenvalue weighted by molar-refractivity contribution is 0.134. The lowest BCUT2D eigenvalue weighted by Gasteiger charge is -2.08. The summed E-state index contributed by atoms with van der Waals surface area (Å²) in [6, 6.07) is 13.5. The van der Waals surface area contributed by atoms with Gasteiger partial charge in [-0.3, -0.25) is 0 Å². The Morgan fingerprint density at radius 3 is 2.56 bits per heavy atom. The Bertz CT molecular complexity index is 532. The van der Waals surface area contributed by atoms with Crippen LogP contribution in [-0.2, 0) is 18.0 Å². The van der Waals surface area contributed by atoms with Crippen LogP contribution in [0.25, 0.3) is 11.1 Å². The second kappa shape index (κ2) is 3.65. The molecule has 0 saturated carbocycles. The van der Waals surface area contributed by atoms with Crippen molar-refractivity contribution in [2.75, 3.05) is 0 Å². The third kappa shape index (κ3) is 1.39. The zero-order valence-corrected chi connectivity index (χ0v) is 8.81. The minimum Gasteiger partial charge on any atom is -0.507 e. The molecule has 2 heteroatoms. The summed E-state index contributed by atoms with van der Waals surface area (Å²) in [7, 11) is 0. The van der Waals surface area contributed by atoms with E-state index >= 15 is 0 Å². The molecule has 0 unspecified atom stereocenters. The van der Waals surface area contributed by atoms with Crippen molar-refractivity contribution in [3.8, 4) is 16.9 Å². The number of aromatic hydroxyl groups is 1. The molecule has 0 fully saturated rings. The molecule has 2 aromatic carbocycles. The first kappa shape index (κ1) is 9.43. The van der Waals surface area contributed by atoms with Gasteiger partial charge in [-0.25, -0.2) is 0 Å². The van der Waals surface area contributed by atoms with Crippen molar-refractivity contribution in [2.45, 2.75) is 13.2 Å². The highest BCUT2D eigenvalue weighted by atomic mass is 16.5. The minimum atomic E-state index is 0.322. The first-order valence-corrected chi connectivity index (χ1v) is 5.33. The van der Waals surface area contributed by atoms with Crippen LogP contribution in [0, 0.1) is 0 Å². The highest BCUT2D eigenvalue weighted by Gasteiger charge is 2.16. The first-order valence-electron chi connectivity index (χ1n) is 5.33. The Hall–Kier alpha value is -1.80.